The molecule has 0 saturated carbocycles. The van der Waals surface area contributed by atoms with Gasteiger partial charge < -0.3 is 0 Å². The summed E-state index contributed by atoms with van der Waals surface area (Å²) in [5, 5.41) is 9.92. The van der Waals surface area contributed by atoms with Crippen molar-refractivity contribution in [2.24, 2.45) is 0 Å². The number of rotatable bonds is 1. The first-order valence-electron chi connectivity index (χ1n) is 2.37. The summed E-state index contributed by atoms with van der Waals surface area (Å²) in [5.41, 5.74) is -0.458. The molecule has 5 heteroatoms. The number of hydrogen-bond acceptors (Lipinski definition) is 3. The molecule has 0 bridgehead atoms. The molecule has 1 aromatic rings. The van der Waals surface area contributed by atoms with Crippen LogP contribution in [-0.4, -0.2) is 9.91 Å². The predicted molar refractivity (Wildman–Crippen MR) is 29.7 cm³/mol. The fourth-order valence-electron chi connectivity index (χ4n) is 0.453. The molecule has 1 radical (unpaired) electrons. The van der Waals surface area contributed by atoms with Crippen LogP contribution >= 0.6 is 0 Å². The second-order valence-electron chi connectivity index (χ2n) is 1.52. The molecule has 1 aromatic heterocycles. The van der Waals surface area contributed by atoms with Gasteiger partial charge in [-0.2, -0.15) is 0 Å². The number of halogens is 1. The molecule has 0 amide bonds. The maximum Gasteiger partial charge on any atom is 0.298 e. The topological polar surface area (TPSA) is 56.0 Å². The molecule has 0 fully saturated rings. The van der Waals surface area contributed by atoms with Gasteiger partial charge in [0.15, 0.2) is 5.82 Å². The zero-order valence-corrected chi connectivity index (χ0v) is 4.74. The Balaban J connectivity index is 3.07. The molecule has 51 valence electrons. The fourth-order valence-corrected chi connectivity index (χ4v) is 0.453. The Morgan fingerprint density at radius 3 is 2.80 bits per heavy atom. The summed E-state index contributed by atoms with van der Waals surface area (Å²) in [6.07, 6.45) is 1.79. The van der Waals surface area contributed by atoms with E-state index in [1.54, 1.807) is 0 Å². The molecule has 0 spiro atoms. The molecule has 0 aromatic carbocycles. The Morgan fingerprint density at radius 2 is 2.40 bits per heavy atom. The van der Waals surface area contributed by atoms with Crippen LogP contribution in [0.2, 0.25) is 0 Å². The van der Waals surface area contributed by atoms with E-state index in [-0.39, 0.29) is 0 Å². The van der Waals surface area contributed by atoms with E-state index in [4.69, 9.17) is 0 Å². The molecular weight excluding hydrogens is 139 g/mol. The molecule has 0 unspecified atom stereocenters. The second-order valence-corrected chi connectivity index (χ2v) is 1.52. The quantitative estimate of drug-likeness (QED) is 0.431. The molecule has 1 heterocycles. The number of pyridine rings is 1. The molecule has 1 rings (SSSR count). The Morgan fingerprint density at radius 1 is 1.70 bits per heavy atom. The van der Waals surface area contributed by atoms with Crippen LogP contribution in [0.1, 0.15) is 0 Å². The van der Waals surface area contributed by atoms with Gasteiger partial charge in [0.25, 0.3) is 5.69 Å². The fraction of sp³-hybridized carbons (Fsp3) is 0. The molecule has 0 aliphatic carbocycles. The van der Waals surface area contributed by atoms with Crippen LogP contribution < -0.4 is 0 Å². The van der Waals surface area contributed by atoms with E-state index in [1.807, 2.05) is 6.07 Å². The minimum atomic E-state index is -0.825. The van der Waals surface area contributed by atoms with Crippen molar-refractivity contribution in [3.05, 3.63) is 34.4 Å². The summed E-state index contributed by atoms with van der Waals surface area (Å²) >= 11 is 0. The third kappa shape index (κ3) is 1.25. The van der Waals surface area contributed by atoms with Crippen molar-refractivity contribution in [2.45, 2.75) is 0 Å². The second kappa shape index (κ2) is 2.38. The van der Waals surface area contributed by atoms with Crippen molar-refractivity contribution in [3.63, 3.8) is 0 Å². The third-order valence-corrected chi connectivity index (χ3v) is 0.829. The number of nitro groups is 1. The largest absolute Gasteiger partial charge is 0.298 e. The lowest BCUT2D eigenvalue weighted by Gasteiger charge is -1.86. The van der Waals surface area contributed by atoms with Gasteiger partial charge in [-0.25, -0.2) is 4.39 Å². The van der Waals surface area contributed by atoms with Gasteiger partial charge in [0.2, 0.25) is 0 Å². The summed E-state index contributed by atoms with van der Waals surface area (Å²) in [4.78, 5) is 12.4. The van der Waals surface area contributed by atoms with Crippen molar-refractivity contribution in [1.29, 1.82) is 0 Å². The summed E-state index contributed by atoms with van der Waals surface area (Å²) in [6, 6.07) is 1.88. The molecule has 0 aliphatic rings. The standard InChI is InChI=1S/C5H2FN2O2/c6-4-1-5(8(9)10)3-7-2-4/h2-3H. The minimum Gasteiger partial charge on any atom is -0.258 e. The first-order chi connectivity index (χ1) is 4.70. The van der Waals surface area contributed by atoms with Gasteiger partial charge in [-0.3, -0.25) is 15.1 Å². The van der Waals surface area contributed by atoms with E-state index in [9.17, 15) is 14.5 Å². The van der Waals surface area contributed by atoms with Crippen molar-refractivity contribution < 1.29 is 9.31 Å². The summed E-state index contributed by atoms with van der Waals surface area (Å²) < 4.78 is 12.1. The van der Waals surface area contributed by atoms with Gasteiger partial charge in [0.1, 0.15) is 12.3 Å². The van der Waals surface area contributed by atoms with E-state index in [2.05, 4.69) is 4.98 Å². The zero-order chi connectivity index (χ0) is 7.56. The SMILES string of the molecule is O=[N+]([O-])c1[c]c(F)cnc1. The van der Waals surface area contributed by atoms with Crippen LogP contribution in [0.3, 0.4) is 0 Å². The summed E-state index contributed by atoms with van der Waals surface area (Å²) in [6.45, 7) is 0. The molecule has 0 atom stereocenters. The van der Waals surface area contributed by atoms with Crippen molar-refractivity contribution >= 4 is 5.69 Å². The Labute approximate surface area is 55.5 Å². The van der Waals surface area contributed by atoms with E-state index in [0.29, 0.717) is 0 Å². The van der Waals surface area contributed by atoms with Gasteiger partial charge in [-0.15, -0.1) is 0 Å². The van der Waals surface area contributed by atoms with Crippen molar-refractivity contribution in [2.75, 3.05) is 0 Å². The van der Waals surface area contributed by atoms with Gasteiger partial charge in [-0.1, -0.05) is 0 Å². The van der Waals surface area contributed by atoms with Crippen molar-refractivity contribution in [3.8, 4) is 0 Å². The molecular formula is C5H2FN2O2. The third-order valence-electron chi connectivity index (χ3n) is 0.829. The van der Waals surface area contributed by atoms with E-state index in [0.717, 1.165) is 12.4 Å². The van der Waals surface area contributed by atoms with Gasteiger partial charge >= 0.3 is 0 Å². The van der Waals surface area contributed by atoms with Crippen molar-refractivity contribution in [1.82, 2.24) is 4.98 Å². The highest BCUT2D eigenvalue weighted by molar-refractivity contribution is 5.22. The average Bonchev–Trinajstić information content (AvgIpc) is 1.88. The van der Waals surface area contributed by atoms with Crippen LogP contribution in [0, 0.1) is 22.0 Å². The number of hydrogen-bond donors (Lipinski definition) is 0. The van der Waals surface area contributed by atoms with Crippen LogP contribution in [0.5, 0.6) is 0 Å². The molecule has 0 aliphatic heterocycles. The Bertz CT molecular complexity index is 264. The zero-order valence-electron chi connectivity index (χ0n) is 4.74. The van der Waals surface area contributed by atoms with E-state index >= 15 is 0 Å². The van der Waals surface area contributed by atoms with E-state index in [1.165, 1.54) is 0 Å². The first kappa shape index (κ1) is 6.60. The Kier molecular flexibility index (Phi) is 1.57. The molecule has 0 saturated heterocycles. The monoisotopic (exact) mass is 141 g/mol. The average molecular weight is 141 g/mol. The lowest BCUT2D eigenvalue weighted by atomic mass is 10.4. The van der Waals surface area contributed by atoms with Gasteiger partial charge in [0.05, 0.1) is 11.1 Å². The minimum absolute atomic E-state index is 0.458. The summed E-state index contributed by atoms with van der Waals surface area (Å²) in [7, 11) is 0. The lowest BCUT2D eigenvalue weighted by molar-refractivity contribution is -0.385. The Hall–Kier alpha value is -1.52. The highest BCUT2D eigenvalue weighted by Crippen LogP contribution is 2.07. The van der Waals surface area contributed by atoms with E-state index < -0.39 is 16.4 Å². The van der Waals surface area contributed by atoms with Crippen LogP contribution in [0.25, 0.3) is 0 Å². The van der Waals surface area contributed by atoms with Gasteiger partial charge in [-0.05, 0) is 0 Å². The maximum atomic E-state index is 12.1. The van der Waals surface area contributed by atoms with Crippen LogP contribution in [0.15, 0.2) is 12.4 Å². The lowest BCUT2D eigenvalue weighted by Crippen LogP contribution is -1.89. The molecule has 0 N–H and O–H groups in total. The highest BCUT2D eigenvalue weighted by atomic mass is 19.1. The molecule has 4 nitrogen and oxygen atoms in total. The number of nitrogens with zero attached hydrogens (tertiary/aromatic N) is 2. The first-order valence-corrected chi connectivity index (χ1v) is 2.37. The van der Waals surface area contributed by atoms with Crippen LogP contribution in [0.4, 0.5) is 10.1 Å². The predicted octanol–water partition coefficient (Wildman–Crippen LogP) is 0.929. The molecule has 10 heavy (non-hydrogen) atoms. The summed E-state index contributed by atoms with van der Waals surface area (Å²) in [5.74, 6) is -0.825. The van der Waals surface area contributed by atoms with Crippen LogP contribution in [-0.2, 0) is 0 Å². The smallest absolute Gasteiger partial charge is 0.258 e. The van der Waals surface area contributed by atoms with Gasteiger partial charge in [0, 0.05) is 0 Å². The number of aromatic nitrogens is 1. The maximum absolute atomic E-state index is 12.1. The highest BCUT2D eigenvalue weighted by Gasteiger charge is 2.05. The normalized spacial score (nSPS) is 9.30.